The van der Waals surface area contributed by atoms with Crippen LogP contribution in [0.2, 0.25) is 0 Å². The van der Waals surface area contributed by atoms with Crippen molar-refractivity contribution < 1.29 is 14.6 Å². The number of benzene rings is 2. The summed E-state index contributed by atoms with van der Waals surface area (Å²) < 4.78 is 12.8. The van der Waals surface area contributed by atoms with E-state index in [1.165, 1.54) is 25.9 Å². The van der Waals surface area contributed by atoms with Gasteiger partial charge in [-0.25, -0.2) is 0 Å². The first-order chi connectivity index (χ1) is 16.6. The predicted octanol–water partition coefficient (Wildman–Crippen LogP) is 5.88. The van der Waals surface area contributed by atoms with Crippen LogP contribution in [-0.4, -0.2) is 41.5 Å². The Morgan fingerprint density at radius 2 is 1.53 bits per heavy atom. The molecule has 1 heterocycles. The second-order valence-electron chi connectivity index (χ2n) is 9.82. The van der Waals surface area contributed by atoms with E-state index >= 15 is 0 Å². The maximum atomic E-state index is 11.0. The molecule has 0 spiro atoms. The highest BCUT2D eigenvalue weighted by Gasteiger charge is 2.34. The van der Waals surface area contributed by atoms with Crippen LogP contribution in [0.5, 0.6) is 0 Å². The molecule has 1 fully saturated rings. The number of piperidine rings is 1. The Kier molecular flexibility index (Phi) is 9.11. The minimum absolute atomic E-state index is 0.455. The minimum Gasteiger partial charge on any atom is -0.389 e. The highest BCUT2D eigenvalue weighted by molar-refractivity contribution is 5.27. The highest BCUT2D eigenvalue weighted by atomic mass is 16.7. The van der Waals surface area contributed by atoms with Gasteiger partial charge in [-0.15, -0.1) is 0 Å². The number of aliphatic hydroxyl groups excluding tert-OH is 1. The first kappa shape index (κ1) is 24.9. The zero-order valence-corrected chi connectivity index (χ0v) is 20.4. The van der Waals surface area contributed by atoms with Crippen molar-refractivity contribution in [3.8, 4) is 0 Å². The number of hydrogen-bond acceptors (Lipinski definition) is 4. The fourth-order valence-electron chi connectivity index (χ4n) is 4.73. The largest absolute Gasteiger partial charge is 0.389 e. The molecule has 1 unspecified atom stereocenters. The standard InChI is InChI=1S/C30H39NO3/c1-25-16-20-31(21-17-25)19-9-15-29(32)28-14-8-18-30(22-28,33-23-26-10-4-2-5-11-26)34-24-27-12-6-3-7-13-27/h2-8,10-14,18,25,29,32H,9,15-17,19-24H2,1H3. The van der Waals surface area contributed by atoms with Crippen molar-refractivity contribution in [1.82, 2.24) is 4.90 Å². The smallest absolute Gasteiger partial charge is 0.192 e. The van der Waals surface area contributed by atoms with Gasteiger partial charge in [0.15, 0.2) is 5.79 Å². The molecule has 1 saturated heterocycles. The quantitative estimate of drug-likeness (QED) is 0.425. The Morgan fingerprint density at radius 1 is 0.941 bits per heavy atom. The SMILES string of the molecule is CC1CCN(CCCC(O)C2=CC=CC(OCc3ccccc3)(OCc3ccccc3)C2)CC1. The molecule has 0 amide bonds. The van der Waals surface area contributed by atoms with E-state index in [1.54, 1.807) is 0 Å². The lowest BCUT2D eigenvalue weighted by molar-refractivity contribution is -0.218. The molecule has 4 rings (SSSR count). The lowest BCUT2D eigenvalue weighted by Crippen LogP contribution is -2.37. The van der Waals surface area contributed by atoms with E-state index in [4.69, 9.17) is 9.47 Å². The highest BCUT2D eigenvalue weighted by Crippen LogP contribution is 2.33. The van der Waals surface area contributed by atoms with Crippen molar-refractivity contribution in [2.24, 2.45) is 5.92 Å². The molecule has 2 aromatic carbocycles. The van der Waals surface area contributed by atoms with Crippen LogP contribution in [0, 0.1) is 5.92 Å². The van der Waals surface area contributed by atoms with Gasteiger partial charge in [0.05, 0.1) is 19.3 Å². The molecular weight excluding hydrogens is 422 g/mol. The summed E-state index contributed by atoms with van der Waals surface area (Å²) in [5.41, 5.74) is 3.19. The van der Waals surface area contributed by atoms with E-state index in [-0.39, 0.29) is 0 Å². The Labute approximate surface area is 204 Å². The van der Waals surface area contributed by atoms with Crippen LogP contribution in [0.25, 0.3) is 0 Å². The van der Waals surface area contributed by atoms with Crippen molar-refractivity contribution in [2.75, 3.05) is 19.6 Å². The summed E-state index contributed by atoms with van der Waals surface area (Å²) >= 11 is 0. The third kappa shape index (κ3) is 7.38. The van der Waals surface area contributed by atoms with Gasteiger partial charge in [-0.2, -0.15) is 0 Å². The Morgan fingerprint density at radius 3 is 2.12 bits per heavy atom. The molecule has 2 aliphatic rings. The molecule has 0 bridgehead atoms. The molecule has 1 atom stereocenters. The van der Waals surface area contributed by atoms with E-state index in [2.05, 4.69) is 36.1 Å². The maximum absolute atomic E-state index is 11.0. The van der Waals surface area contributed by atoms with Crippen LogP contribution in [0.1, 0.15) is 50.2 Å². The minimum atomic E-state index is -0.889. The third-order valence-corrected chi connectivity index (χ3v) is 7.02. The first-order valence-electron chi connectivity index (χ1n) is 12.8. The summed E-state index contributed by atoms with van der Waals surface area (Å²) in [5, 5.41) is 11.0. The van der Waals surface area contributed by atoms with E-state index in [0.29, 0.717) is 19.6 Å². The molecule has 1 N–H and O–H groups in total. The van der Waals surface area contributed by atoms with Gasteiger partial charge in [0.1, 0.15) is 0 Å². The van der Waals surface area contributed by atoms with E-state index in [9.17, 15) is 5.11 Å². The molecular formula is C30H39NO3. The van der Waals surface area contributed by atoms with E-state index < -0.39 is 11.9 Å². The van der Waals surface area contributed by atoms with Gasteiger partial charge < -0.3 is 19.5 Å². The van der Waals surface area contributed by atoms with Crippen LogP contribution in [0.15, 0.2) is 84.5 Å². The van der Waals surface area contributed by atoms with Crippen LogP contribution in [-0.2, 0) is 22.7 Å². The molecule has 182 valence electrons. The van der Waals surface area contributed by atoms with Gasteiger partial charge in [0.2, 0.25) is 0 Å². The van der Waals surface area contributed by atoms with E-state index in [1.807, 2.05) is 54.6 Å². The summed E-state index contributed by atoms with van der Waals surface area (Å²) in [6.45, 7) is 6.69. The number of aliphatic hydroxyl groups is 1. The first-order valence-corrected chi connectivity index (χ1v) is 12.8. The zero-order valence-electron chi connectivity index (χ0n) is 20.4. The van der Waals surface area contributed by atoms with Crippen LogP contribution >= 0.6 is 0 Å². The molecule has 0 radical (unpaired) electrons. The summed E-state index contributed by atoms with van der Waals surface area (Å²) in [7, 11) is 0. The number of ether oxygens (including phenoxy) is 2. The van der Waals surface area contributed by atoms with Gasteiger partial charge in [-0.3, -0.25) is 0 Å². The maximum Gasteiger partial charge on any atom is 0.192 e. The lowest BCUT2D eigenvalue weighted by Gasteiger charge is -2.35. The topological polar surface area (TPSA) is 41.9 Å². The van der Waals surface area contributed by atoms with Crippen molar-refractivity contribution in [3.63, 3.8) is 0 Å². The van der Waals surface area contributed by atoms with Gasteiger partial charge in [-0.05, 0) is 74.0 Å². The fourth-order valence-corrected chi connectivity index (χ4v) is 4.73. The van der Waals surface area contributed by atoms with Crippen molar-refractivity contribution in [3.05, 3.63) is 95.6 Å². The van der Waals surface area contributed by atoms with Crippen molar-refractivity contribution in [2.45, 2.75) is 64.1 Å². The summed E-state index contributed by atoms with van der Waals surface area (Å²) in [6.07, 6.45) is 10.4. The summed E-state index contributed by atoms with van der Waals surface area (Å²) in [5.74, 6) is -0.0411. The van der Waals surface area contributed by atoms with Crippen LogP contribution < -0.4 is 0 Å². The van der Waals surface area contributed by atoms with Crippen molar-refractivity contribution >= 4 is 0 Å². The van der Waals surface area contributed by atoms with E-state index in [0.717, 1.165) is 42.0 Å². The second-order valence-corrected chi connectivity index (χ2v) is 9.82. The molecule has 2 aromatic rings. The number of allylic oxidation sites excluding steroid dienone is 2. The molecule has 4 heteroatoms. The van der Waals surface area contributed by atoms with Gasteiger partial charge in [0, 0.05) is 6.42 Å². The van der Waals surface area contributed by atoms with Crippen molar-refractivity contribution in [1.29, 1.82) is 0 Å². The molecule has 4 nitrogen and oxygen atoms in total. The molecule has 0 aromatic heterocycles. The average Bonchev–Trinajstić information content (AvgIpc) is 2.89. The summed E-state index contributed by atoms with van der Waals surface area (Å²) in [6, 6.07) is 20.3. The monoisotopic (exact) mass is 461 g/mol. The molecule has 1 aliphatic heterocycles. The van der Waals surface area contributed by atoms with Gasteiger partial charge in [-0.1, -0.05) is 79.7 Å². The second kappa shape index (κ2) is 12.5. The Bertz CT molecular complexity index is 873. The molecule has 1 aliphatic carbocycles. The normalized spacial score (nSPS) is 19.6. The molecule has 0 saturated carbocycles. The van der Waals surface area contributed by atoms with Gasteiger partial charge in [0.25, 0.3) is 0 Å². The number of nitrogens with zero attached hydrogens (tertiary/aromatic N) is 1. The number of rotatable bonds is 11. The van der Waals surface area contributed by atoms with Crippen LogP contribution in [0.4, 0.5) is 0 Å². The molecule has 34 heavy (non-hydrogen) atoms. The average molecular weight is 462 g/mol. The predicted molar refractivity (Wildman–Crippen MR) is 137 cm³/mol. The van der Waals surface area contributed by atoms with Crippen LogP contribution in [0.3, 0.4) is 0 Å². The third-order valence-electron chi connectivity index (χ3n) is 7.02. The number of likely N-dealkylation sites (tertiary alicyclic amines) is 1. The Hall–Kier alpha value is -2.24. The summed E-state index contributed by atoms with van der Waals surface area (Å²) in [4.78, 5) is 2.54. The fraction of sp³-hybridized carbons (Fsp3) is 0.467. The van der Waals surface area contributed by atoms with Gasteiger partial charge >= 0.3 is 0 Å². The number of hydrogen-bond donors (Lipinski definition) is 1. The zero-order chi connectivity index (χ0) is 23.6. The lowest BCUT2D eigenvalue weighted by atomic mass is 9.92. The Balaban J connectivity index is 1.35.